The molecule has 0 aliphatic heterocycles. The van der Waals surface area contributed by atoms with Crippen LogP contribution in [-0.4, -0.2) is 11.5 Å². The van der Waals surface area contributed by atoms with E-state index in [4.69, 9.17) is 5.73 Å². The summed E-state index contributed by atoms with van der Waals surface area (Å²) in [6, 6.07) is 3.52. The van der Waals surface area contributed by atoms with Crippen molar-refractivity contribution in [2.75, 3.05) is 6.54 Å². The Labute approximate surface area is 78.3 Å². The molecule has 1 atom stereocenters. The van der Waals surface area contributed by atoms with Crippen LogP contribution in [0.15, 0.2) is 18.3 Å². The molecule has 0 bridgehead atoms. The Balaban J connectivity index is 3.09. The highest BCUT2D eigenvalue weighted by atomic mass is 19.1. The summed E-state index contributed by atoms with van der Waals surface area (Å²) in [6.07, 6.45) is 1.71. The minimum absolute atomic E-state index is 0.00296. The molecule has 3 N–H and O–H groups in total. The number of H-pyrrole nitrogens is 1. The molecule has 0 saturated heterocycles. The number of aromatic nitrogens is 1. The second-order valence-electron chi connectivity index (χ2n) is 4.34. The maximum absolute atomic E-state index is 14.4. The number of nitrogens with two attached hydrogens (primary N) is 1. The van der Waals surface area contributed by atoms with E-state index in [9.17, 15) is 4.39 Å². The molecule has 1 rings (SSSR count). The summed E-state index contributed by atoms with van der Waals surface area (Å²) in [4.78, 5) is 2.88. The first-order valence-corrected chi connectivity index (χ1v) is 4.44. The zero-order valence-electron chi connectivity index (χ0n) is 8.39. The monoisotopic (exact) mass is 184 g/mol. The number of rotatable bonds is 2. The molecule has 74 valence electrons. The molecule has 1 aromatic rings. The van der Waals surface area contributed by atoms with Crippen molar-refractivity contribution in [2.45, 2.75) is 26.4 Å². The quantitative estimate of drug-likeness (QED) is 0.726. The van der Waals surface area contributed by atoms with Crippen LogP contribution in [0.1, 0.15) is 26.5 Å². The van der Waals surface area contributed by atoms with Crippen molar-refractivity contribution in [2.24, 2.45) is 11.1 Å². The molecule has 13 heavy (non-hydrogen) atoms. The Morgan fingerprint density at radius 2 is 2.08 bits per heavy atom. The number of hydrogen-bond donors (Lipinski definition) is 2. The second kappa shape index (κ2) is 3.14. The fourth-order valence-corrected chi connectivity index (χ4v) is 1.40. The van der Waals surface area contributed by atoms with E-state index in [1.807, 2.05) is 20.8 Å². The third-order valence-electron chi connectivity index (χ3n) is 2.49. The van der Waals surface area contributed by atoms with Gasteiger partial charge in [0, 0.05) is 18.2 Å². The van der Waals surface area contributed by atoms with E-state index in [0.717, 1.165) is 0 Å². The highest BCUT2D eigenvalue weighted by Gasteiger charge is 2.43. The van der Waals surface area contributed by atoms with E-state index in [1.165, 1.54) is 0 Å². The molecule has 0 fully saturated rings. The van der Waals surface area contributed by atoms with Gasteiger partial charge < -0.3 is 10.7 Å². The summed E-state index contributed by atoms with van der Waals surface area (Å²) < 4.78 is 14.4. The molecule has 2 nitrogen and oxygen atoms in total. The molecular formula is C10H17FN2. The molecule has 0 saturated carbocycles. The van der Waals surface area contributed by atoms with Crippen LogP contribution in [0.25, 0.3) is 0 Å². The van der Waals surface area contributed by atoms with Gasteiger partial charge in [-0.05, 0) is 12.1 Å². The van der Waals surface area contributed by atoms with Gasteiger partial charge in [0.25, 0.3) is 0 Å². The van der Waals surface area contributed by atoms with Gasteiger partial charge in [0.15, 0.2) is 5.67 Å². The lowest BCUT2D eigenvalue weighted by atomic mass is 9.76. The fourth-order valence-electron chi connectivity index (χ4n) is 1.40. The number of halogens is 1. The van der Waals surface area contributed by atoms with E-state index in [0.29, 0.717) is 5.69 Å². The molecule has 1 aromatic heterocycles. The maximum atomic E-state index is 14.4. The summed E-state index contributed by atoms with van der Waals surface area (Å²) in [5, 5.41) is 0. The van der Waals surface area contributed by atoms with E-state index in [1.54, 1.807) is 18.3 Å². The van der Waals surface area contributed by atoms with Gasteiger partial charge in [0.1, 0.15) is 0 Å². The Bertz CT molecular complexity index is 261. The lowest BCUT2D eigenvalue weighted by Gasteiger charge is -2.36. The Hall–Kier alpha value is -0.830. The van der Waals surface area contributed by atoms with Crippen molar-refractivity contribution in [1.29, 1.82) is 0 Å². The van der Waals surface area contributed by atoms with Crippen molar-refractivity contribution >= 4 is 0 Å². The van der Waals surface area contributed by atoms with Crippen molar-refractivity contribution in [3.05, 3.63) is 24.0 Å². The molecule has 0 aliphatic carbocycles. The van der Waals surface area contributed by atoms with Crippen molar-refractivity contribution in [3.63, 3.8) is 0 Å². The van der Waals surface area contributed by atoms with Crippen molar-refractivity contribution in [3.8, 4) is 0 Å². The Morgan fingerprint density at radius 1 is 1.46 bits per heavy atom. The molecule has 0 aliphatic rings. The largest absolute Gasteiger partial charge is 0.362 e. The summed E-state index contributed by atoms with van der Waals surface area (Å²) in [5.74, 6) is 0. The SMILES string of the molecule is CC(C)(C)C(F)(CN)c1ccc[nH]1. The number of aromatic amines is 1. The highest BCUT2D eigenvalue weighted by Crippen LogP contribution is 2.41. The number of nitrogens with one attached hydrogen (secondary N) is 1. The van der Waals surface area contributed by atoms with Crippen molar-refractivity contribution < 1.29 is 4.39 Å². The first-order chi connectivity index (χ1) is 5.92. The molecule has 1 heterocycles. The molecule has 0 aromatic carbocycles. The van der Waals surface area contributed by atoms with Crippen LogP contribution in [-0.2, 0) is 5.67 Å². The summed E-state index contributed by atoms with van der Waals surface area (Å²) in [5.41, 5.74) is 4.08. The van der Waals surface area contributed by atoms with Gasteiger partial charge in [-0.2, -0.15) is 0 Å². The Morgan fingerprint density at radius 3 is 2.38 bits per heavy atom. The summed E-state index contributed by atoms with van der Waals surface area (Å²) in [7, 11) is 0. The van der Waals surface area contributed by atoms with Crippen LogP contribution >= 0.6 is 0 Å². The van der Waals surface area contributed by atoms with E-state index < -0.39 is 11.1 Å². The van der Waals surface area contributed by atoms with Crippen LogP contribution in [0, 0.1) is 5.41 Å². The normalized spacial score (nSPS) is 17.0. The van der Waals surface area contributed by atoms with Crippen LogP contribution in [0.5, 0.6) is 0 Å². The topological polar surface area (TPSA) is 41.8 Å². The van der Waals surface area contributed by atoms with E-state index >= 15 is 0 Å². The zero-order valence-corrected chi connectivity index (χ0v) is 8.39. The average molecular weight is 184 g/mol. The van der Waals surface area contributed by atoms with Gasteiger partial charge in [-0.3, -0.25) is 0 Å². The zero-order chi connectivity index (χ0) is 10.1. The van der Waals surface area contributed by atoms with Crippen LogP contribution in [0.4, 0.5) is 4.39 Å². The van der Waals surface area contributed by atoms with Crippen molar-refractivity contribution in [1.82, 2.24) is 4.98 Å². The maximum Gasteiger partial charge on any atom is 0.167 e. The van der Waals surface area contributed by atoms with E-state index in [2.05, 4.69) is 4.98 Å². The van der Waals surface area contributed by atoms with Gasteiger partial charge in [0.05, 0.1) is 5.69 Å². The highest BCUT2D eigenvalue weighted by molar-refractivity contribution is 5.17. The fraction of sp³-hybridized carbons (Fsp3) is 0.600. The smallest absolute Gasteiger partial charge is 0.167 e. The summed E-state index contributed by atoms with van der Waals surface area (Å²) in [6.45, 7) is 5.54. The van der Waals surface area contributed by atoms with Gasteiger partial charge in [0.2, 0.25) is 0 Å². The molecule has 1 unspecified atom stereocenters. The average Bonchev–Trinajstić information content (AvgIpc) is 2.52. The molecule has 0 spiro atoms. The van der Waals surface area contributed by atoms with Gasteiger partial charge in [-0.15, -0.1) is 0 Å². The molecule has 0 radical (unpaired) electrons. The first-order valence-electron chi connectivity index (χ1n) is 4.44. The van der Waals surface area contributed by atoms with Gasteiger partial charge in [-0.25, -0.2) is 4.39 Å². The number of alkyl halides is 1. The Kier molecular flexibility index (Phi) is 2.48. The lowest BCUT2D eigenvalue weighted by molar-refractivity contribution is 0.0305. The van der Waals surface area contributed by atoms with Crippen LogP contribution in [0.3, 0.4) is 0 Å². The standard InChI is InChI=1S/C10H17FN2/c1-9(2,3)10(11,7-12)8-5-4-6-13-8/h4-6,13H,7,12H2,1-3H3. The second-order valence-corrected chi connectivity index (χ2v) is 4.34. The van der Waals surface area contributed by atoms with Gasteiger partial charge in [-0.1, -0.05) is 20.8 Å². The minimum atomic E-state index is -1.48. The molecule has 0 amide bonds. The van der Waals surface area contributed by atoms with E-state index in [-0.39, 0.29) is 6.54 Å². The third-order valence-corrected chi connectivity index (χ3v) is 2.49. The lowest BCUT2D eigenvalue weighted by Crippen LogP contribution is -2.42. The third kappa shape index (κ3) is 1.61. The molecule has 3 heteroatoms. The summed E-state index contributed by atoms with van der Waals surface area (Å²) >= 11 is 0. The van der Waals surface area contributed by atoms with Gasteiger partial charge >= 0.3 is 0 Å². The van der Waals surface area contributed by atoms with Crippen LogP contribution in [0.2, 0.25) is 0 Å². The predicted molar refractivity (Wildman–Crippen MR) is 52.1 cm³/mol. The first kappa shape index (κ1) is 10.3. The number of hydrogen-bond acceptors (Lipinski definition) is 1. The molecular weight excluding hydrogens is 167 g/mol. The minimum Gasteiger partial charge on any atom is -0.362 e. The van der Waals surface area contributed by atoms with Crippen LogP contribution < -0.4 is 5.73 Å². The predicted octanol–water partition coefficient (Wildman–Crippen LogP) is 2.18.